The van der Waals surface area contributed by atoms with E-state index in [0.717, 1.165) is 21.9 Å². The molecule has 7 aromatic carbocycles. The molecule has 0 aliphatic rings. The van der Waals surface area contributed by atoms with Crippen LogP contribution in [-0.2, 0) is 0 Å². The molecule has 50 heavy (non-hydrogen) atoms. The molecule has 0 saturated carbocycles. The molecule has 0 atom stereocenters. The van der Waals surface area contributed by atoms with E-state index in [2.05, 4.69) is 0 Å². The summed E-state index contributed by atoms with van der Waals surface area (Å²) in [5.41, 5.74) is 5.30. The first-order chi connectivity index (χ1) is 28.5. The zero-order valence-electron chi connectivity index (χ0n) is 35.2. The Labute approximate surface area is 300 Å². The maximum absolute atomic E-state index is 9.22. The van der Waals surface area contributed by atoms with E-state index >= 15 is 0 Å². The van der Waals surface area contributed by atoms with E-state index in [1.54, 1.807) is 22.8 Å². The van der Waals surface area contributed by atoms with Gasteiger partial charge in [-0.15, -0.1) is 0 Å². The minimum atomic E-state index is -0.523. The summed E-state index contributed by atoms with van der Waals surface area (Å²) in [6.07, 6.45) is 0. The van der Waals surface area contributed by atoms with Gasteiger partial charge >= 0.3 is 0 Å². The fourth-order valence-electron chi connectivity index (χ4n) is 6.62. The highest BCUT2D eigenvalue weighted by Gasteiger charge is 2.21. The number of furan rings is 1. The largest absolute Gasteiger partial charge is 0.456 e. The summed E-state index contributed by atoms with van der Waals surface area (Å²) in [6, 6.07) is 32.0. The highest BCUT2D eigenvalue weighted by molar-refractivity contribution is 6.12. The Bertz CT molecular complexity index is 3370. The molecule has 5 nitrogen and oxygen atoms in total. The van der Waals surface area contributed by atoms with Crippen LogP contribution in [0.1, 0.15) is 12.3 Å². The van der Waals surface area contributed by atoms with Crippen LogP contribution in [0.4, 0.5) is 0 Å². The van der Waals surface area contributed by atoms with Crippen molar-refractivity contribution in [2.45, 2.75) is 0 Å². The Balaban J connectivity index is 1.31. The van der Waals surface area contributed by atoms with Crippen molar-refractivity contribution in [3.8, 4) is 51.0 Å². The van der Waals surface area contributed by atoms with Gasteiger partial charge < -0.3 is 4.42 Å². The van der Waals surface area contributed by atoms with Gasteiger partial charge in [0.05, 0.1) is 23.4 Å². The third-order valence-electron chi connectivity index (χ3n) is 8.88. The minimum Gasteiger partial charge on any atom is -0.456 e. The molecule has 3 heterocycles. The van der Waals surface area contributed by atoms with Crippen molar-refractivity contribution in [3.63, 3.8) is 0 Å². The van der Waals surface area contributed by atoms with E-state index < -0.39 is 42.3 Å². The summed E-state index contributed by atoms with van der Waals surface area (Å²) in [5.74, 6) is 0.665. The van der Waals surface area contributed by atoms with Gasteiger partial charge in [-0.3, -0.25) is 4.57 Å². The molecule has 5 heteroatoms. The Hall–Kier alpha value is -6.85. The number of nitrogens with zero attached hydrogens (tertiary/aromatic N) is 4. The normalized spacial score (nSPS) is 14.1. The van der Waals surface area contributed by atoms with Gasteiger partial charge in [-0.05, 0) is 58.6 Å². The topological polar surface area (TPSA) is 56.7 Å². The van der Waals surface area contributed by atoms with Crippen LogP contribution in [0.3, 0.4) is 0 Å². The fraction of sp³-hybridized carbons (Fsp3) is 0. The van der Waals surface area contributed by atoms with Crippen molar-refractivity contribution >= 4 is 43.7 Å². The summed E-state index contributed by atoms with van der Waals surface area (Å²) in [4.78, 5) is 15.2. The zero-order valence-corrected chi connectivity index (χ0v) is 26.2. The minimum absolute atomic E-state index is 0.0388. The lowest BCUT2D eigenvalue weighted by Gasteiger charge is -2.12. The third-order valence-corrected chi connectivity index (χ3v) is 8.88. The van der Waals surface area contributed by atoms with E-state index in [0.29, 0.717) is 44.8 Å². The first kappa shape index (κ1) is 20.5. The third kappa shape index (κ3) is 4.60. The van der Waals surface area contributed by atoms with Crippen LogP contribution in [0.2, 0.25) is 0 Å². The number of hydrogen-bond acceptors (Lipinski definition) is 4. The second kappa shape index (κ2) is 11.4. The molecular weight excluding hydrogens is 613 g/mol. The van der Waals surface area contributed by atoms with E-state index in [4.69, 9.17) is 30.3 Å². The zero-order chi connectivity index (χ0) is 40.9. The second-order valence-corrected chi connectivity index (χ2v) is 11.8. The lowest BCUT2D eigenvalue weighted by molar-refractivity contribution is 0.669. The molecule has 3 aromatic heterocycles. The molecule has 0 bridgehead atoms. The maximum atomic E-state index is 9.22. The van der Waals surface area contributed by atoms with Crippen molar-refractivity contribution in [2.24, 2.45) is 0 Å². The van der Waals surface area contributed by atoms with Gasteiger partial charge in [0, 0.05) is 32.7 Å². The average molecular weight is 650 g/mol. The summed E-state index contributed by atoms with van der Waals surface area (Å²) in [6.45, 7) is 0. The molecule has 0 radical (unpaired) electrons. The predicted molar refractivity (Wildman–Crippen MR) is 203 cm³/mol. The predicted octanol–water partition coefficient (Wildman–Crippen LogP) is 11.5. The highest BCUT2D eigenvalue weighted by Crippen LogP contribution is 2.38. The highest BCUT2D eigenvalue weighted by atomic mass is 16.3. The lowest BCUT2D eigenvalue weighted by atomic mass is 10.0. The van der Waals surface area contributed by atoms with Gasteiger partial charge in [0.25, 0.3) is 0 Å². The summed E-state index contributed by atoms with van der Waals surface area (Å²) in [5, 5.41) is 2.14. The van der Waals surface area contributed by atoms with Gasteiger partial charge in [0.15, 0.2) is 11.6 Å². The van der Waals surface area contributed by atoms with Gasteiger partial charge in [-0.25, -0.2) is 4.98 Å². The monoisotopic (exact) mass is 649 g/mol. The Morgan fingerprint density at radius 3 is 2.10 bits per heavy atom. The quantitative estimate of drug-likeness (QED) is 0.186. The summed E-state index contributed by atoms with van der Waals surface area (Å²) >= 11 is 0. The van der Waals surface area contributed by atoms with Gasteiger partial charge in [-0.2, -0.15) is 9.97 Å². The van der Waals surface area contributed by atoms with E-state index in [-0.39, 0.29) is 40.1 Å². The maximum Gasteiger partial charge on any atom is 0.238 e. The molecule has 0 unspecified atom stereocenters. The van der Waals surface area contributed by atoms with Gasteiger partial charge in [0.1, 0.15) is 11.2 Å². The Morgan fingerprint density at radius 1 is 0.460 bits per heavy atom. The fourth-order valence-corrected chi connectivity index (χ4v) is 6.62. The van der Waals surface area contributed by atoms with E-state index in [1.165, 1.54) is 0 Å². The molecular formula is C45H28N4O. The molecule has 0 N–H and O–H groups in total. The Kier molecular flexibility index (Phi) is 4.67. The molecule has 0 amide bonds. The molecule has 0 spiro atoms. The van der Waals surface area contributed by atoms with Gasteiger partial charge in [0.2, 0.25) is 5.95 Å². The van der Waals surface area contributed by atoms with Crippen LogP contribution in [0.25, 0.3) is 94.7 Å². The van der Waals surface area contributed by atoms with Crippen LogP contribution >= 0.6 is 0 Å². The number of hydrogen-bond donors (Lipinski definition) is 0. The lowest BCUT2D eigenvalue weighted by Crippen LogP contribution is -2.06. The molecule has 0 aliphatic heterocycles. The number of aromatic nitrogens is 4. The average Bonchev–Trinajstić information content (AvgIpc) is 3.83. The van der Waals surface area contributed by atoms with Crippen LogP contribution in [0.15, 0.2) is 174 Å². The molecule has 0 fully saturated rings. The SMILES string of the molecule is [2H]c1c([2H])c([2H])c(-c2ccc3c(c2)c2c([2H])c([2H])c([2H])c([2H])c2n3-c2nc(-c3cccc(-c4ccccc4)c3)nc(-c3cccc4oc5ccccc5c34)n2)c([2H])c1[2H]. The standard InChI is InChI=1S/C45H28N4O/c1-3-13-29(14-4-1)31-17-11-18-33(27-31)43-46-44(36-21-12-24-41-42(36)35-20-8-10-23-40(35)50-41)48-45(47-43)49-38-22-9-7-19-34(38)37-28-32(25-26-39(37)49)30-15-5-2-6-16-30/h1-28H/i2D,5D,6D,7D,9D,15D,16D,19D,22D. The summed E-state index contributed by atoms with van der Waals surface area (Å²) in [7, 11) is 0. The smallest absolute Gasteiger partial charge is 0.238 e. The van der Waals surface area contributed by atoms with Crippen LogP contribution in [0.5, 0.6) is 0 Å². The molecule has 234 valence electrons. The van der Waals surface area contributed by atoms with Crippen molar-refractivity contribution in [2.75, 3.05) is 0 Å². The first-order valence-electron chi connectivity index (χ1n) is 20.5. The van der Waals surface area contributed by atoms with Crippen molar-refractivity contribution in [3.05, 3.63) is 170 Å². The van der Waals surface area contributed by atoms with Crippen LogP contribution < -0.4 is 0 Å². The Morgan fingerprint density at radius 2 is 1.18 bits per heavy atom. The van der Waals surface area contributed by atoms with Crippen LogP contribution in [0, 0.1) is 0 Å². The number of benzene rings is 7. The van der Waals surface area contributed by atoms with Crippen molar-refractivity contribution < 1.29 is 16.8 Å². The van der Waals surface area contributed by atoms with Gasteiger partial charge in [-0.1, -0.05) is 133 Å². The molecule has 10 rings (SSSR count). The summed E-state index contributed by atoms with van der Waals surface area (Å²) < 4.78 is 85.6. The first-order valence-corrected chi connectivity index (χ1v) is 16.0. The molecule has 0 aliphatic carbocycles. The number of fused-ring (bicyclic) bond motifs is 6. The number of rotatable bonds is 5. The second-order valence-electron chi connectivity index (χ2n) is 11.8. The van der Waals surface area contributed by atoms with E-state index in [1.807, 2.05) is 97.1 Å². The number of para-hydroxylation sites is 2. The van der Waals surface area contributed by atoms with Crippen molar-refractivity contribution in [1.29, 1.82) is 0 Å². The molecule has 10 aromatic rings. The van der Waals surface area contributed by atoms with E-state index in [9.17, 15) is 1.37 Å². The van der Waals surface area contributed by atoms with Crippen LogP contribution in [-0.4, -0.2) is 19.5 Å². The van der Waals surface area contributed by atoms with Crippen molar-refractivity contribution in [1.82, 2.24) is 19.5 Å². The molecule has 0 saturated heterocycles.